The van der Waals surface area contributed by atoms with Crippen molar-refractivity contribution in [2.75, 3.05) is 13.3 Å². The smallest absolute Gasteiger partial charge is 0.247 e. The highest BCUT2D eigenvalue weighted by molar-refractivity contribution is 5.60. The van der Waals surface area contributed by atoms with Crippen LogP contribution in [0.1, 0.15) is 26.2 Å². The SMILES string of the molecule is CC(C)NCCCc1nnc(-c2ccc3c(c2)OCO3)o1. The molecule has 0 spiro atoms. The van der Waals surface area contributed by atoms with Gasteiger partial charge in [-0.2, -0.15) is 0 Å². The minimum atomic E-state index is 0.261. The first-order valence-electron chi connectivity index (χ1n) is 7.18. The third kappa shape index (κ3) is 3.33. The number of hydrogen-bond acceptors (Lipinski definition) is 6. The molecule has 0 bridgehead atoms. The number of aromatic nitrogens is 2. The fourth-order valence-electron chi connectivity index (χ4n) is 2.13. The molecule has 3 rings (SSSR count). The van der Waals surface area contributed by atoms with E-state index in [0.717, 1.165) is 30.7 Å². The molecule has 6 heteroatoms. The lowest BCUT2D eigenvalue weighted by Crippen LogP contribution is -2.23. The zero-order chi connectivity index (χ0) is 14.7. The van der Waals surface area contributed by atoms with Gasteiger partial charge in [-0.1, -0.05) is 13.8 Å². The van der Waals surface area contributed by atoms with Crippen LogP contribution in [0.4, 0.5) is 0 Å². The highest BCUT2D eigenvalue weighted by Crippen LogP contribution is 2.35. The molecule has 6 nitrogen and oxygen atoms in total. The van der Waals surface area contributed by atoms with Crippen molar-refractivity contribution in [2.45, 2.75) is 32.7 Å². The van der Waals surface area contributed by atoms with Crippen molar-refractivity contribution in [1.82, 2.24) is 15.5 Å². The first-order chi connectivity index (χ1) is 10.2. The zero-order valence-electron chi connectivity index (χ0n) is 12.3. The van der Waals surface area contributed by atoms with Crippen LogP contribution in [0.15, 0.2) is 22.6 Å². The monoisotopic (exact) mass is 289 g/mol. The van der Waals surface area contributed by atoms with E-state index in [1.807, 2.05) is 18.2 Å². The number of ether oxygens (including phenoxy) is 2. The Balaban J connectivity index is 1.62. The van der Waals surface area contributed by atoms with Crippen LogP contribution in [-0.4, -0.2) is 29.6 Å². The van der Waals surface area contributed by atoms with Crippen LogP contribution >= 0.6 is 0 Å². The molecule has 0 unspecified atom stereocenters. The minimum Gasteiger partial charge on any atom is -0.454 e. The van der Waals surface area contributed by atoms with Gasteiger partial charge in [0.1, 0.15) is 0 Å². The Morgan fingerprint density at radius 2 is 2.05 bits per heavy atom. The second-order valence-corrected chi connectivity index (χ2v) is 5.28. The molecular weight excluding hydrogens is 270 g/mol. The van der Waals surface area contributed by atoms with Crippen LogP contribution in [0.5, 0.6) is 11.5 Å². The Morgan fingerprint density at radius 3 is 2.90 bits per heavy atom. The van der Waals surface area contributed by atoms with Crippen LogP contribution < -0.4 is 14.8 Å². The number of nitrogens with one attached hydrogen (secondary N) is 1. The summed E-state index contributed by atoms with van der Waals surface area (Å²) < 4.78 is 16.3. The average molecular weight is 289 g/mol. The normalized spacial score (nSPS) is 13.1. The lowest BCUT2D eigenvalue weighted by atomic mass is 10.2. The van der Waals surface area contributed by atoms with Crippen molar-refractivity contribution in [3.8, 4) is 23.0 Å². The van der Waals surface area contributed by atoms with Gasteiger partial charge in [-0.3, -0.25) is 0 Å². The summed E-state index contributed by atoms with van der Waals surface area (Å²) in [6, 6.07) is 6.11. The van der Waals surface area contributed by atoms with Crippen molar-refractivity contribution >= 4 is 0 Å². The third-order valence-electron chi connectivity index (χ3n) is 3.21. The summed E-state index contributed by atoms with van der Waals surface area (Å²) in [5.74, 6) is 2.64. The van der Waals surface area contributed by atoms with Crippen molar-refractivity contribution in [1.29, 1.82) is 0 Å². The molecule has 1 N–H and O–H groups in total. The molecule has 0 aliphatic carbocycles. The van der Waals surface area contributed by atoms with E-state index in [0.29, 0.717) is 23.6 Å². The summed E-state index contributed by atoms with van der Waals surface area (Å²) in [6.07, 6.45) is 1.75. The molecule has 21 heavy (non-hydrogen) atoms. The van der Waals surface area contributed by atoms with Gasteiger partial charge < -0.3 is 19.2 Å². The van der Waals surface area contributed by atoms with E-state index in [2.05, 4.69) is 29.4 Å². The first-order valence-corrected chi connectivity index (χ1v) is 7.18. The van der Waals surface area contributed by atoms with Gasteiger partial charge in [0.2, 0.25) is 18.6 Å². The van der Waals surface area contributed by atoms with Gasteiger partial charge >= 0.3 is 0 Å². The third-order valence-corrected chi connectivity index (χ3v) is 3.21. The fraction of sp³-hybridized carbons (Fsp3) is 0.467. The molecule has 0 amide bonds. The molecule has 0 fully saturated rings. The van der Waals surface area contributed by atoms with Gasteiger partial charge in [-0.15, -0.1) is 10.2 Å². The maximum Gasteiger partial charge on any atom is 0.247 e. The largest absolute Gasteiger partial charge is 0.454 e. The van der Waals surface area contributed by atoms with E-state index in [4.69, 9.17) is 13.9 Å². The van der Waals surface area contributed by atoms with Crippen LogP contribution in [-0.2, 0) is 6.42 Å². The van der Waals surface area contributed by atoms with E-state index in [1.54, 1.807) is 0 Å². The Bertz CT molecular complexity index is 610. The average Bonchev–Trinajstić information content (AvgIpc) is 3.11. The van der Waals surface area contributed by atoms with Crippen molar-refractivity contribution in [3.63, 3.8) is 0 Å². The quantitative estimate of drug-likeness (QED) is 0.823. The fourth-order valence-corrected chi connectivity index (χ4v) is 2.13. The van der Waals surface area contributed by atoms with Crippen LogP contribution in [0, 0.1) is 0 Å². The van der Waals surface area contributed by atoms with E-state index < -0.39 is 0 Å². The summed E-state index contributed by atoms with van der Waals surface area (Å²) >= 11 is 0. The summed E-state index contributed by atoms with van der Waals surface area (Å²) in [7, 11) is 0. The molecule has 1 aliphatic rings. The lowest BCUT2D eigenvalue weighted by Gasteiger charge is -2.05. The number of nitrogens with zero attached hydrogens (tertiary/aromatic N) is 2. The van der Waals surface area contributed by atoms with E-state index in [-0.39, 0.29) is 6.79 Å². The Labute approximate surface area is 123 Å². The molecule has 2 heterocycles. The molecule has 1 aromatic carbocycles. The van der Waals surface area contributed by atoms with E-state index in [1.165, 1.54) is 0 Å². The number of hydrogen-bond donors (Lipinski definition) is 1. The Kier molecular flexibility index (Phi) is 4.06. The van der Waals surface area contributed by atoms with Gasteiger partial charge in [0.15, 0.2) is 11.5 Å². The molecule has 1 aromatic heterocycles. The predicted octanol–water partition coefficient (Wildman–Crippen LogP) is 2.40. The van der Waals surface area contributed by atoms with Gasteiger partial charge in [0.25, 0.3) is 0 Å². The van der Waals surface area contributed by atoms with E-state index in [9.17, 15) is 0 Å². The lowest BCUT2D eigenvalue weighted by molar-refractivity contribution is 0.174. The topological polar surface area (TPSA) is 69.4 Å². The first kappa shape index (κ1) is 13.9. The predicted molar refractivity (Wildman–Crippen MR) is 77.3 cm³/mol. The van der Waals surface area contributed by atoms with Crippen molar-refractivity contribution < 1.29 is 13.9 Å². The number of fused-ring (bicyclic) bond motifs is 1. The molecule has 0 saturated heterocycles. The molecule has 1 aliphatic heterocycles. The Morgan fingerprint density at radius 1 is 1.19 bits per heavy atom. The van der Waals surface area contributed by atoms with Gasteiger partial charge in [-0.25, -0.2) is 0 Å². The van der Waals surface area contributed by atoms with Crippen LogP contribution in [0.25, 0.3) is 11.5 Å². The highest BCUT2D eigenvalue weighted by atomic mass is 16.7. The van der Waals surface area contributed by atoms with E-state index >= 15 is 0 Å². The van der Waals surface area contributed by atoms with Gasteiger partial charge in [0, 0.05) is 18.0 Å². The maximum atomic E-state index is 5.69. The molecule has 0 radical (unpaired) electrons. The van der Waals surface area contributed by atoms with Gasteiger partial charge in [-0.05, 0) is 31.2 Å². The highest BCUT2D eigenvalue weighted by Gasteiger charge is 2.16. The molecule has 2 aromatic rings. The minimum absolute atomic E-state index is 0.261. The van der Waals surface area contributed by atoms with Crippen molar-refractivity contribution in [3.05, 3.63) is 24.1 Å². The molecule has 0 atom stereocenters. The summed E-state index contributed by atoms with van der Waals surface area (Å²) in [6.45, 7) is 5.46. The standard InChI is InChI=1S/C15H19N3O3/c1-10(2)16-7-3-4-14-17-18-15(21-14)11-5-6-12-13(8-11)20-9-19-12/h5-6,8,10,16H,3-4,7,9H2,1-2H3. The molecular formula is C15H19N3O3. The Hall–Kier alpha value is -2.08. The molecule has 112 valence electrons. The summed E-state index contributed by atoms with van der Waals surface area (Å²) in [4.78, 5) is 0. The second-order valence-electron chi connectivity index (χ2n) is 5.28. The maximum absolute atomic E-state index is 5.69. The summed E-state index contributed by atoms with van der Waals surface area (Å²) in [5, 5.41) is 11.5. The summed E-state index contributed by atoms with van der Waals surface area (Å²) in [5.41, 5.74) is 0.846. The number of aryl methyl sites for hydroxylation is 1. The van der Waals surface area contributed by atoms with Crippen LogP contribution in [0.2, 0.25) is 0 Å². The van der Waals surface area contributed by atoms with Gasteiger partial charge in [0.05, 0.1) is 0 Å². The number of rotatable bonds is 6. The number of benzene rings is 1. The zero-order valence-corrected chi connectivity index (χ0v) is 12.3. The van der Waals surface area contributed by atoms with Crippen molar-refractivity contribution in [2.24, 2.45) is 0 Å². The molecule has 0 saturated carbocycles. The second kappa shape index (κ2) is 6.13. The van der Waals surface area contributed by atoms with Crippen LogP contribution in [0.3, 0.4) is 0 Å².